The maximum Gasteiger partial charge on any atom is 0.454 e. The number of para-hydroxylation sites is 1. The summed E-state index contributed by atoms with van der Waals surface area (Å²) in [6, 6.07) is 4.98. The van der Waals surface area contributed by atoms with Gasteiger partial charge in [-0.05, 0) is 26.0 Å². The molecule has 0 aliphatic carbocycles. The average molecular weight is 423 g/mol. The summed E-state index contributed by atoms with van der Waals surface area (Å²) in [6.07, 6.45) is -11.0. The van der Waals surface area contributed by atoms with Crippen LogP contribution in [0.1, 0.15) is 30.6 Å². The molecule has 1 heterocycles. The number of nitrogens with one attached hydrogen (secondary N) is 1. The van der Waals surface area contributed by atoms with Crippen LogP contribution in [-0.2, 0) is 4.79 Å². The molecule has 158 valence electrons. The number of benzene rings is 1. The molecule has 2 rings (SSSR count). The van der Waals surface area contributed by atoms with E-state index >= 15 is 0 Å². The van der Waals surface area contributed by atoms with Crippen LogP contribution in [0.25, 0.3) is 0 Å². The van der Waals surface area contributed by atoms with Gasteiger partial charge in [0.05, 0.1) is 11.3 Å². The van der Waals surface area contributed by atoms with E-state index in [1.807, 2.05) is 0 Å². The lowest BCUT2D eigenvalue weighted by Gasteiger charge is -2.33. The predicted octanol–water partition coefficient (Wildman–Crippen LogP) is 3.61. The van der Waals surface area contributed by atoms with Crippen molar-refractivity contribution in [1.29, 1.82) is 0 Å². The third-order valence-electron chi connectivity index (χ3n) is 3.89. The predicted molar refractivity (Wildman–Crippen MR) is 89.8 cm³/mol. The summed E-state index contributed by atoms with van der Waals surface area (Å²) in [4.78, 5) is 23.7. The van der Waals surface area contributed by atoms with Crippen molar-refractivity contribution in [2.24, 2.45) is 5.10 Å². The monoisotopic (exact) mass is 423 g/mol. The van der Waals surface area contributed by atoms with Gasteiger partial charge in [-0.15, -0.1) is 0 Å². The highest BCUT2D eigenvalue weighted by molar-refractivity contribution is 6.02. The lowest BCUT2D eigenvalue weighted by atomic mass is 10.1. The lowest BCUT2D eigenvalue weighted by Crippen LogP contribution is -2.56. The zero-order valence-electron chi connectivity index (χ0n) is 15.0. The number of aliphatic hydroxyl groups is 1. The number of halogens is 6. The van der Waals surface area contributed by atoms with E-state index in [0.29, 0.717) is 0 Å². The Morgan fingerprint density at radius 3 is 2.34 bits per heavy atom. The Labute approximate surface area is 160 Å². The summed E-state index contributed by atoms with van der Waals surface area (Å²) in [7, 11) is 0. The second-order valence-corrected chi connectivity index (χ2v) is 6.30. The van der Waals surface area contributed by atoms with Crippen LogP contribution in [0.3, 0.4) is 0 Å². The van der Waals surface area contributed by atoms with Crippen molar-refractivity contribution in [2.45, 2.75) is 38.3 Å². The molecule has 0 unspecified atom stereocenters. The summed E-state index contributed by atoms with van der Waals surface area (Å²) in [5.74, 6) is -3.49. The van der Waals surface area contributed by atoms with E-state index in [9.17, 15) is 41.0 Å². The summed E-state index contributed by atoms with van der Waals surface area (Å²) in [5.41, 5.74) is -4.58. The first-order chi connectivity index (χ1) is 13.2. The highest BCUT2D eigenvalue weighted by atomic mass is 19.4. The number of carbonyl (C=O) groups excluding carboxylic acids is 2. The highest BCUT2D eigenvalue weighted by Crippen LogP contribution is 2.41. The third-order valence-corrected chi connectivity index (χ3v) is 3.89. The molecule has 1 amide bonds. The number of hydrogen-bond donors (Lipinski definition) is 2. The molecule has 0 radical (unpaired) electrons. The average Bonchev–Trinajstić information content (AvgIpc) is 2.89. The number of rotatable bonds is 4. The molecule has 0 fully saturated rings. The van der Waals surface area contributed by atoms with E-state index < -0.39 is 41.8 Å². The molecule has 1 aliphatic heterocycles. The van der Waals surface area contributed by atoms with Gasteiger partial charge in [0.1, 0.15) is 0 Å². The molecule has 1 aromatic carbocycles. The maximum absolute atomic E-state index is 13.3. The van der Waals surface area contributed by atoms with Crippen LogP contribution in [0.15, 0.2) is 41.1 Å². The Morgan fingerprint density at radius 2 is 1.79 bits per heavy atom. The molecule has 0 aromatic heterocycles. The van der Waals surface area contributed by atoms with E-state index in [4.69, 9.17) is 0 Å². The van der Waals surface area contributed by atoms with E-state index in [1.165, 1.54) is 25.1 Å². The topological polar surface area (TPSA) is 82.0 Å². The number of carbonyl (C=O) groups is 2. The molecule has 0 saturated heterocycles. The number of alkyl halides is 6. The van der Waals surface area contributed by atoms with Gasteiger partial charge in [0.25, 0.3) is 17.4 Å². The zero-order valence-corrected chi connectivity index (χ0v) is 15.0. The number of nitrogens with zero attached hydrogens (tertiary/aromatic N) is 2. The van der Waals surface area contributed by atoms with Gasteiger partial charge < -0.3 is 10.4 Å². The highest BCUT2D eigenvalue weighted by Gasteiger charge is 2.62. The molecule has 12 heteroatoms. The Bertz CT molecular complexity index is 891. The quantitative estimate of drug-likeness (QED) is 0.573. The standard InChI is InChI=1S/C17H15F6N3O3/c1-9(7-13(27)16(18,19)20)24-12-6-4-3-5-11(12)14(28)26-15(29,17(21,22)23)8-10(2)25-26/h3-7,24,29H,8H2,1-2H3/b9-7+/t15-/m1/s1. The second kappa shape index (κ2) is 7.50. The molecule has 0 bridgehead atoms. The molecule has 1 aliphatic rings. The summed E-state index contributed by atoms with van der Waals surface area (Å²) in [6.45, 7) is 2.30. The van der Waals surface area contributed by atoms with E-state index in [2.05, 4.69) is 10.4 Å². The number of amides is 1. The Morgan fingerprint density at radius 1 is 1.21 bits per heavy atom. The smallest absolute Gasteiger partial charge is 0.362 e. The van der Waals surface area contributed by atoms with Crippen LogP contribution in [0.2, 0.25) is 0 Å². The minimum atomic E-state index is -5.21. The van der Waals surface area contributed by atoms with E-state index in [-0.39, 0.29) is 28.2 Å². The van der Waals surface area contributed by atoms with Gasteiger partial charge in [-0.2, -0.15) is 36.5 Å². The van der Waals surface area contributed by atoms with Gasteiger partial charge in [-0.3, -0.25) is 9.59 Å². The molecule has 1 atom stereocenters. The Hall–Kier alpha value is -2.89. The Kier molecular flexibility index (Phi) is 5.79. The van der Waals surface area contributed by atoms with Crippen molar-refractivity contribution in [2.75, 3.05) is 5.32 Å². The van der Waals surface area contributed by atoms with Gasteiger partial charge in [-0.25, -0.2) is 0 Å². The van der Waals surface area contributed by atoms with Gasteiger partial charge in [0.15, 0.2) is 0 Å². The van der Waals surface area contributed by atoms with E-state index in [0.717, 1.165) is 13.0 Å². The molecular formula is C17H15F6N3O3. The van der Waals surface area contributed by atoms with Crippen LogP contribution in [0.5, 0.6) is 0 Å². The zero-order chi connectivity index (χ0) is 22.2. The van der Waals surface area contributed by atoms with Crippen molar-refractivity contribution < 1.29 is 41.0 Å². The summed E-state index contributed by atoms with van der Waals surface area (Å²) < 4.78 is 77.1. The van der Waals surface area contributed by atoms with Crippen LogP contribution in [0.4, 0.5) is 32.0 Å². The largest absolute Gasteiger partial charge is 0.454 e. The second-order valence-electron chi connectivity index (χ2n) is 6.30. The minimum absolute atomic E-state index is 0.108. The van der Waals surface area contributed by atoms with Gasteiger partial charge >= 0.3 is 12.4 Å². The van der Waals surface area contributed by atoms with Crippen molar-refractivity contribution >= 4 is 23.1 Å². The van der Waals surface area contributed by atoms with Crippen LogP contribution in [0, 0.1) is 0 Å². The van der Waals surface area contributed by atoms with Gasteiger partial charge in [-0.1, -0.05) is 12.1 Å². The van der Waals surface area contributed by atoms with Crippen molar-refractivity contribution in [3.05, 3.63) is 41.6 Å². The fourth-order valence-electron chi connectivity index (χ4n) is 2.57. The van der Waals surface area contributed by atoms with Crippen molar-refractivity contribution in [1.82, 2.24) is 5.01 Å². The molecule has 6 nitrogen and oxygen atoms in total. The van der Waals surface area contributed by atoms with Crippen molar-refractivity contribution in [3.63, 3.8) is 0 Å². The van der Waals surface area contributed by atoms with E-state index in [1.54, 1.807) is 0 Å². The number of anilines is 1. The SMILES string of the molecule is CC1=NN(C(=O)c2ccccc2N/C(C)=C/C(=O)C(F)(F)F)[C@](O)(C(F)(F)F)C1. The molecule has 2 N–H and O–H groups in total. The number of allylic oxidation sites excluding steroid dienone is 2. The third kappa shape index (κ3) is 4.58. The Balaban J connectivity index is 2.39. The number of hydrogen-bond acceptors (Lipinski definition) is 5. The molecule has 29 heavy (non-hydrogen) atoms. The van der Waals surface area contributed by atoms with Crippen molar-refractivity contribution in [3.8, 4) is 0 Å². The van der Waals surface area contributed by atoms with Gasteiger partial charge in [0, 0.05) is 23.9 Å². The number of hydrazone groups is 1. The molecule has 0 spiro atoms. The first kappa shape index (κ1) is 22.4. The lowest BCUT2D eigenvalue weighted by molar-refractivity contribution is -0.297. The van der Waals surface area contributed by atoms with Crippen LogP contribution < -0.4 is 5.32 Å². The minimum Gasteiger partial charge on any atom is -0.362 e. The first-order valence-corrected chi connectivity index (χ1v) is 8.00. The molecule has 0 saturated carbocycles. The first-order valence-electron chi connectivity index (χ1n) is 8.00. The number of ketones is 1. The fourth-order valence-corrected chi connectivity index (χ4v) is 2.57. The summed E-state index contributed by atoms with van der Waals surface area (Å²) in [5, 5.41) is 15.8. The normalized spacial score (nSPS) is 20.5. The van der Waals surface area contributed by atoms with Crippen LogP contribution >= 0.6 is 0 Å². The summed E-state index contributed by atoms with van der Waals surface area (Å²) >= 11 is 0. The van der Waals surface area contributed by atoms with Gasteiger partial charge in [0.2, 0.25) is 0 Å². The molecular weight excluding hydrogens is 408 g/mol. The maximum atomic E-state index is 13.3. The molecule has 1 aromatic rings. The van der Waals surface area contributed by atoms with Crippen LogP contribution in [-0.4, -0.2) is 45.6 Å². The fraction of sp³-hybridized carbons (Fsp3) is 0.353.